The van der Waals surface area contributed by atoms with Crippen molar-refractivity contribution in [2.24, 2.45) is 0 Å². The zero-order chi connectivity index (χ0) is 14.1. The van der Waals surface area contributed by atoms with Gasteiger partial charge in [-0.15, -0.1) is 0 Å². The third-order valence-corrected chi connectivity index (χ3v) is 4.17. The SMILES string of the molecule is O=C1CCCc2c1ccc(=O)n2CC(=O)N1CCCC1. The molecule has 5 nitrogen and oxygen atoms in total. The number of carbonyl (C=O) groups excluding carboxylic acids is 2. The summed E-state index contributed by atoms with van der Waals surface area (Å²) < 4.78 is 1.49. The Kier molecular flexibility index (Phi) is 3.42. The average Bonchev–Trinajstić information content (AvgIpc) is 2.96. The third kappa shape index (κ3) is 2.28. The number of ketones is 1. The highest BCUT2D eigenvalue weighted by atomic mass is 16.2. The summed E-state index contributed by atoms with van der Waals surface area (Å²) in [5.74, 6) is 0.0599. The first-order valence-electron chi connectivity index (χ1n) is 7.20. The maximum Gasteiger partial charge on any atom is 0.251 e. The number of likely N-dealkylation sites (tertiary alicyclic amines) is 1. The minimum Gasteiger partial charge on any atom is -0.341 e. The molecule has 5 heteroatoms. The van der Waals surface area contributed by atoms with Crippen molar-refractivity contribution < 1.29 is 9.59 Å². The number of nitrogens with zero attached hydrogens (tertiary/aromatic N) is 2. The minimum atomic E-state index is -0.189. The molecule has 0 aromatic carbocycles. The molecule has 1 aromatic rings. The highest BCUT2D eigenvalue weighted by Gasteiger charge is 2.24. The first kappa shape index (κ1) is 13.1. The summed E-state index contributed by atoms with van der Waals surface area (Å²) in [6, 6.07) is 3.01. The van der Waals surface area contributed by atoms with E-state index < -0.39 is 0 Å². The predicted octanol–water partition coefficient (Wildman–Crippen LogP) is 0.990. The van der Waals surface area contributed by atoms with E-state index in [1.165, 1.54) is 10.6 Å². The van der Waals surface area contributed by atoms with Crippen molar-refractivity contribution in [2.75, 3.05) is 13.1 Å². The van der Waals surface area contributed by atoms with Crippen LogP contribution in [-0.4, -0.2) is 34.2 Å². The van der Waals surface area contributed by atoms with Gasteiger partial charge in [-0.2, -0.15) is 0 Å². The molecule has 1 saturated heterocycles. The topological polar surface area (TPSA) is 59.4 Å². The molecule has 0 unspecified atom stereocenters. The van der Waals surface area contributed by atoms with Gasteiger partial charge in [-0.25, -0.2) is 0 Å². The van der Waals surface area contributed by atoms with Crippen molar-refractivity contribution in [2.45, 2.75) is 38.6 Å². The van der Waals surface area contributed by atoms with Crippen LogP contribution in [0, 0.1) is 0 Å². The van der Waals surface area contributed by atoms with Gasteiger partial charge < -0.3 is 9.47 Å². The zero-order valence-corrected chi connectivity index (χ0v) is 11.4. The molecular weight excluding hydrogens is 256 g/mol. The van der Waals surface area contributed by atoms with E-state index >= 15 is 0 Å². The van der Waals surface area contributed by atoms with E-state index in [0.29, 0.717) is 18.4 Å². The van der Waals surface area contributed by atoms with Gasteiger partial charge in [0.05, 0.1) is 0 Å². The molecule has 1 aromatic heterocycles. The average molecular weight is 274 g/mol. The van der Waals surface area contributed by atoms with Crippen molar-refractivity contribution in [1.29, 1.82) is 0 Å². The Hall–Kier alpha value is -1.91. The fourth-order valence-electron chi connectivity index (χ4n) is 3.07. The molecule has 0 saturated carbocycles. The lowest BCUT2D eigenvalue weighted by Gasteiger charge is -2.22. The molecule has 1 aliphatic heterocycles. The summed E-state index contributed by atoms with van der Waals surface area (Å²) in [5, 5.41) is 0. The first-order valence-corrected chi connectivity index (χ1v) is 7.20. The lowest BCUT2D eigenvalue weighted by molar-refractivity contribution is -0.130. The Balaban J connectivity index is 1.92. The normalized spacial score (nSPS) is 18.2. The fraction of sp³-hybridized carbons (Fsp3) is 0.533. The second-order valence-corrected chi connectivity index (χ2v) is 5.48. The fourth-order valence-corrected chi connectivity index (χ4v) is 3.07. The summed E-state index contributed by atoms with van der Waals surface area (Å²) in [6.45, 7) is 1.62. The number of amides is 1. The monoisotopic (exact) mass is 274 g/mol. The molecule has 3 rings (SSSR count). The van der Waals surface area contributed by atoms with Gasteiger partial charge in [-0.3, -0.25) is 14.4 Å². The summed E-state index contributed by atoms with van der Waals surface area (Å²) in [7, 11) is 0. The van der Waals surface area contributed by atoms with Crippen molar-refractivity contribution in [3.8, 4) is 0 Å². The molecule has 0 N–H and O–H groups in total. The number of carbonyl (C=O) groups is 2. The number of hydrogen-bond donors (Lipinski definition) is 0. The Morgan fingerprint density at radius 1 is 1.05 bits per heavy atom. The number of hydrogen-bond acceptors (Lipinski definition) is 3. The van der Waals surface area contributed by atoms with E-state index in [2.05, 4.69) is 0 Å². The minimum absolute atomic E-state index is 0.0176. The van der Waals surface area contributed by atoms with Gasteiger partial charge in [-0.05, 0) is 31.7 Å². The highest BCUT2D eigenvalue weighted by molar-refractivity contribution is 5.98. The molecule has 20 heavy (non-hydrogen) atoms. The maximum absolute atomic E-state index is 12.2. The van der Waals surface area contributed by atoms with Crippen molar-refractivity contribution >= 4 is 11.7 Å². The molecule has 0 spiro atoms. The molecule has 0 bridgehead atoms. The molecule has 106 valence electrons. The lowest BCUT2D eigenvalue weighted by Crippen LogP contribution is -2.37. The van der Waals surface area contributed by atoms with Gasteiger partial charge in [0.2, 0.25) is 5.91 Å². The highest BCUT2D eigenvalue weighted by Crippen LogP contribution is 2.20. The standard InChI is InChI=1S/C15H18N2O3/c18-13-5-3-4-12-11(13)6-7-14(19)17(12)10-15(20)16-8-1-2-9-16/h6-7H,1-5,8-10H2. The van der Waals surface area contributed by atoms with Crippen LogP contribution in [-0.2, 0) is 17.8 Å². The molecule has 2 aliphatic rings. The van der Waals surface area contributed by atoms with Crippen LogP contribution in [0.15, 0.2) is 16.9 Å². The van der Waals surface area contributed by atoms with Crippen molar-refractivity contribution in [1.82, 2.24) is 9.47 Å². The van der Waals surface area contributed by atoms with Crippen molar-refractivity contribution in [3.05, 3.63) is 33.7 Å². The van der Waals surface area contributed by atoms with Crippen LogP contribution in [0.2, 0.25) is 0 Å². The zero-order valence-electron chi connectivity index (χ0n) is 11.4. The predicted molar refractivity (Wildman–Crippen MR) is 73.8 cm³/mol. The molecule has 2 heterocycles. The van der Waals surface area contributed by atoms with Crippen LogP contribution in [0.4, 0.5) is 0 Å². The number of aromatic nitrogens is 1. The maximum atomic E-state index is 12.2. The quantitative estimate of drug-likeness (QED) is 0.808. The molecule has 1 aliphatic carbocycles. The van der Waals surface area contributed by atoms with Crippen LogP contribution in [0.3, 0.4) is 0 Å². The van der Waals surface area contributed by atoms with Crippen LogP contribution in [0.25, 0.3) is 0 Å². The first-order chi connectivity index (χ1) is 9.66. The van der Waals surface area contributed by atoms with Gasteiger partial charge in [0.15, 0.2) is 5.78 Å². The number of rotatable bonds is 2. The van der Waals surface area contributed by atoms with Gasteiger partial charge in [-0.1, -0.05) is 0 Å². The van der Waals surface area contributed by atoms with Gasteiger partial charge in [0.25, 0.3) is 5.56 Å². The van der Waals surface area contributed by atoms with Crippen LogP contribution >= 0.6 is 0 Å². The molecule has 0 atom stereocenters. The van der Waals surface area contributed by atoms with Gasteiger partial charge in [0, 0.05) is 36.8 Å². The Labute approximate surface area is 117 Å². The van der Waals surface area contributed by atoms with E-state index in [4.69, 9.17) is 0 Å². The van der Waals surface area contributed by atoms with Crippen LogP contribution in [0.5, 0.6) is 0 Å². The second kappa shape index (κ2) is 5.23. The molecule has 1 amide bonds. The van der Waals surface area contributed by atoms with Gasteiger partial charge >= 0.3 is 0 Å². The third-order valence-electron chi connectivity index (χ3n) is 4.17. The second-order valence-electron chi connectivity index (χ2n) is 5.48. The summed E-state index contributed by atoms with van der Waals surface area (Å²) in [4.78, 5) is 37.9. The molecular formula is C15H18N2O3. The Morgan fingerprint density at radius 2 is 1.80 bits per heavy atom. The molecule has 0 radical (unpaired) electrons. The van der Waals surface area contributed by atoms with Crippen molar-refractivity contribution in [3.63, 3.8) is 0 Å². The number of fused-ring (bicyclic) bond motifs is 1. The van der Waals surface area contributed by atoms with Crippen LogP contribution in [0.1, 0.15) is 41.7 Å². The van der Waals surface area contributed by atoms with Gasteiger partial charge in [0.1, 0.15) is 6.54 Å². The Bertz CT molecular complexity index is 612. The largest absolute Gasteiger partial charge is 0.341 e. The van der Waals surface area contributed by atoms with E-state index in [0.717, 1.165) is 38.0 Å². The number of Topliss-reactive ketones (excluding diaryl/α,β-unsaturated/α-hetero) is 1. The van der Waals surface area contributed by atoms with Crippen LogP contribution < -0.4 is 5.56 Å². The van der Waals surface area contributed by atoms with E-state index in [1.54, 1.807) is 11.0 Å². The lowest BCUT2D eigenvalue weighted by atomic mass is 9.94. The smallest absolute Gasteiger partial charge is 0.251 e. The number of pyridine rings is 1. The summed E-state index contributed by atoms with van der Waals surface area (Å²) >= 11 is 0. The Morgan fingerprint density at radius 3 is 2.55 bits per heavy atom. The molecule has 1 fully saturated rings. The summed E-state index contributed by atoms with van der Waals surface area (Å²) in [5.41, 5.74) is 1.16. The van der Waals surface area contributed by atoms with E-state index in [-0.39, 0.29) is 23.8 Å². The van der Waals surface area contributed by atoms with E-state index in [1.807, 2.05) is 0 Å². The van der Waals surface area contributed by atoms with E-state index in [9.17, 15) is 14.4 Å². The summed E-state index contributed by atoms with van der Waals surface area (Å²) in [6.07, 6.45) is 4.06.